The lowest BCUT2D eigenvalue weighted by Gasteiger charge is -2.59. The van der Waals surface area contributed by atoms with Crippen molar-refractivity contribution >= 4 is 5.78 Å². The zero-order valence-corrected chi connectivity index (χ0v) is 15.3. The Morgan fingerprint density at radius 3 is 2.62 bits per heavy atom. The molecule has 4 aliphatic rings. The molecule has 134 valence electrons. The maximum absolute atomic E-state index is 11.9. The largest absolute Gasteiger partial charge is 0.393 e. The summed E-state index contributed by atoms with van der Waals surface area (Å²) in [6.45, 7) is 6.65. The molecule has 0 spiro atoms. The molecule has 0 aromatic carbocycles. The minimum Gasteiger partial charge on any atom is -0.393 e. The van der Waals surface area contributed by atoms with Gasteiger partial charge in [-0.05, 0) is 91.6 Å². The summed E-state index contributed by atoms with van der Waals surface area (Å²) in [5.41, 5.74) is 1.24. The molecule has 2 N–H and O–H groups in total. The molecule has 0 aliphatic heterocycles. The van der Waals surface area contributed by atoms with Crippen molar-refractivity contribution in [3.63, 3.8) is 0 Å². The van der Waals surface area contributed by atoms with E-state index in [0.717, 1.165) is 24.8 Å². The van der Waals surface area contributed by atoms with Gasteiger partial charge in [-0.15, -0.1) is 0 Å². The third-order valence-electron chi connectivity index (χ3n) is 8.63. The van der Waals surface area contributed by atoms with Gasteiger partial charge in [-0.2, -0.15) is 0 Å². The molecule has 0 amide bonds. The molecule has 3 nitrogen and oxygen atoms in total. The Kier molecular flexibility index (Phi) is 3.78. The van der Waals surface area contributed by atoms with Crippen LogP contribution in [-0.4, -0.2) is 28.2 Å². The van der Waals surface area contributed by atoms with Crippen LogP contribution in [0.1, 0.15) is 65.7 Å². The van der Waals surface area contributed by atoms with Crippen LogP contribution in [0.5, 0.6) is 0 Å². The first-order valence-electron chi connectivity index (χ1n) is 9.88. The summed E-state index contributed by atoms with van der Waals surface area (Å²) in [5, 5.41) is 21.1. The maximum Gasteiger partial charge on any atom is 0.155 e. The molecule has 0 unspecified atom stereocenters. The fourth-order valence-corrected chi connectivity index (χ4v) is 7.44. The zero-order chi connectivity index (χ0) is 17.3. The molecule has 4 rings (SSSR count). The number of rotatable bonds is 1. The van der Waals surface area contributed by atoms with Crippen LogP contribution in [0.25, 0.3) is 0 Å². The smallest absolute Gasteiger partial charge is 0.155 e. The van der Waals surface area contributed by atoms with Crippen molar-refractivity contribution in [1.82, 2.24) is 0 Å². The van der Waals surface area contributed by atoms with Gasteiger partial charge in [-0.1, -0.05) is 13.8 Å². The summed E-state index contributed by atoms with van der Waals surface area (Å²) in [6, 6.07) is 0. The van der Waals surface area contributed by atoms with Crippen molar-refractivity contribution in [3.8, 4) is 0 Å². The van der Waals surface area contributed by atoms with E-state index in [4.69, 9.17) is 0 Å². The summed E-state index contributed by atoms with van der Waals surface area (Å²) in [4.78, 5) is 11.9. The molecule has 0 aromatic heterocycles. The van der Waals surface area contributed by atoms with Gasteiger partial charge in [-0.25, -0.2) is 0 Å². The Balaban J connectivity index is 1.70. The van der Waals surface area contributed by atoms with E-state index in [1.165, 1.54) is 19.3 Å². The third-order valence-corrected chi connectivity index (χ3v) is 8.63. The zero-order valence-electron chi connectivity index (χ0n) is 15.3. The Labute approximate surface area is 145 Å². The first kappa shape index (κ1) is 16.8. The van der Waals surface area contributed by atoms with E-state index in [1.807, 2.05) is 6.92 Å². The van der Waals surface area contributed by atoms with Gasteiger partial charge < -0.3 is 10.2 Å². The van der Waals surface area contributed by atoms with E-state index >= 15 is 0 Å². The molecule has 8 atom stereocenters. The van der Waals surface area contributed by atoms with Gasteiger partial charge >= 0.3 is 0 Å². The second-order valence-corrected chi connectivity index (χ2v) is 9.58. The highest BCUT2D eigenvalue weighted by Gasteiger charge is 2.60. The van der Waals surface area contributed by atoms with E-state index in [-0.39, 0.29) is 22.7 Å². The highest BCUT2D eigenvalue weighted by atomic mass is 16.3. The molecule has 0 saturated heterocycles. The number of fused-ring (bicyclic) bond motifs is 5. The molecule has 3 heteroatoms. The average molecular weight is 332 g/mol. The monoisotopic (exact) mass is 332 g/mol. The fourth-order valence-electron chi connectivity index (χ4n) is 7.44. The molecule has 3 fully saturated rings. The molecule has 24 heavy (non-hydrogen) atoms. The summed E-state index contributed by atoms with van der Waals surface area (Å²) >= 11 is 0. The number of carbonyl (C=O) groups excluding carboxylic acids is 1. The Hall–Kier alpha value is -0.670. The Morgan fingerprint density at radius 1 is 1.17 bits per heavy atom. The average Bonchev–Trinajstić information content (AvgIpc) is 2.87. The molecule has 0 aromatic rings. The van der Waals surface area contributed by atoms with Crippen molar-refractivity contribution < 1.29 is 15.0 Å². The van der Waals surface area contributed by atoms with Gasteiger partial charge in [0, 0.05) is 6.42 Å². The molecule has 3 saturated carbocycles. The van der Waals surface area contributed by atoms with E-state index in [1.54, 1.807) is 6.08 Å². The van der Waals surface area contributed by atoms with E-state index in [2.05, 4.69) is 13.8 Å². The van der Waals surface area contributed by atoms with Crippen LogP contribution in [0, 0.1) is 34.5 Å². The minimum atomic E-state index is -0.451. The van der Waals surface area contributed by atoms with Crippen molar-refractivity contribution in [2.45, 2.75) is 77.9 Å². The Bertz CT molecular complexity index is 580. The van der Waals surface area contributed by atoms with Crippen molar-refractivity contribution in [2.24, 2.45) is 34.5 Å². The lowest BCUT2D eigenvalue weighted by molar-refractivity contribution is -0.120. The van der Waals surface area contributed by atoms with Gasteiger partial charge in [0.25, 0.3) is 0 Å². The quantitative estimate of drug-likeness (QED) is 0.773. The lowest BCUT2D eigenvalue weighted by atomic mass is 9.46. The number of carbonyl (C=O) groups is 1. The van der Waals surface area contributed by atoms with Crippen LogP contribution < -0.4 is 0 Å². The third kappa shape index (κ3) is 2.13. The summed E-state index contributed by atoms with van der Waals surface area (Å²) in [5.74, 6) is 2.33. The van der Waals surface area contributed by atoms with Gasteiger partial charge in [0.1, 0.15) is 0 Å². The Morgan fingerprint density at radius 2 is 1.92 bits per heavy atom. The SMILES string of the molecule is C[C@H](O)[C@H]1CC[C@H]2[C@@H]3C[C@@H](O)C4=CC(=O)CC[C@]4(C)[C@H]3CC[C@]12C. The number of hydrogen-bond acceptors (Lipinski definition) is 3. The van der Waals surface area contributed by atoms with Crippen molar-refractivity contribution in [2.75, 3.05) is 0 Å². The van der Waals surface area contributed by atoms with E-state index < -0.39 is 6.10 Å². The second kappa shape index (κ2) is 5.41. The first-order valence-corrected chi connectivity index (χ1v) is 9.88. The highest BCUT2D eigenvalue weighted by Crippen LogP contribution is 2.66. The van der Waals surface area contributed by atoms with Gasteiger partial charge in [0.15, 0.2) is 5.78 Å². The highest BCUT2D eigenvalue weighted by molar-refractivity contribution is 5.91. The number of ketones is 1. The van der Waals surface area contributed by atoms with Crippen LogP contribution in [-0.2, 0) is 4.79 Å². The molecular weight excluding hydrogens is 300 g/mol. The predicted molar refractivity (Wildman–Crippen MR) is 93.3 cm³/mol. The number of aliphatic hydroxyl groups excluding tert-OH is 2. The van der Waals surface area contributed by atoms with E-state index in [9.17, 15) is 15.0 Å². The van der Waals surface area contributed by atoms with Crippen LogP contribution in [0.2, 0.25) is 0 Å². The van der Waals surface area contributed by atoms with Crippen molar-refractivity contribution in [1.29, 1.82) is 0 Å². The molecular formula is C21H32O3. The second-order valence-electron chi connectivity index (χ2n) is 9.58. The minimum absolute atomic E-state index is 0.000487. The number of hydrogen-bond donors (Lipinski definition) is 2. The first-order chi connectivity index (χ1) is 11.3. The van der Waals surface area contributed by atoms with Crippen LogP contribution in [0.15, 0.2) is 11.6 Å². The lowest BCUT2D eigenvalue weighted by Crippen LogP contribution is -2.54. The van der Waals surface area contributed by atoms with Gasteiger partial charge in [0.2, 0.25) is 0 Å². The summed E-state index contributed by atoms with van der Waals surface area (Å²) in [6.07, 6.45) is 8.10. The van der Waals surface area contributed by atoms with Gasteiger partial charge in [-0.3, -0.25) is 4.79 Å². The summed E-state index contributed by atoms with van der Waals surface area (Å²) < 4.78 is 0. The number of aliphatic hydroxyl groups is 2. The van der Waals surface area contributed by atoms with E-state index in [0.29, 0.717) is 30.1 Å². The molecule has 0 bridgehead atoms. The van der Waals surface area contributed by atoms with Crippen LogP contribution >= 0.6 is 0 Å². The van der Waals surface area contributed by atoms with Crippen LogP contribution in [0.4, 0.5) is 0 Å². The maximum atomic E-state index is 11.9. The van der Waals surface area contributed by atoms with Gasteiger partial charge in [0.05, 0.1) is 12.2 Å². The normalized spacial score (nSPS) is 52.1. The van der Waals surface area contributed by atoms with Crippen LogP contribution in [0.3, 0.4) is 0 Å². The molecule has 0 radical (unpaired) electrons. The summed E-state index contributed by atoms with van der Waals surface area (Å²) in [7, 11) is 0. The standard InChI is InChI=1S/C21H32O3/c1-12(22)15-4-5-16-14-11-19(24)18-10-13(23)6-8-21(18,3)17(14)7-9-20(15,16)2/h10,12,14-17,19,22,24H,4-9,11H2,1-3H3/t12-,14-,15+,16-,17-,19+,20+,21+/m0/s1. The topological polar surface area (TPSA) is 57.5 Å². The van der Waals surface area contributed by atoms with Crippen molar-refractivity contribution in [3.05, 3.63) is 11.6 Å². The fraction of sp³-hybridized carbons (Fsp3) is 0.857. The predicted octanol–water partition coefficient (Wildman–Crippen LogP) is 3.49. The molecule has 0 heterocycles. The molecule has 4 aliphatic carbocycles.